The van der Waals surface area contributed by atoms with Gasteiger partial charge in [-0.1, -0.05) is 0 Å². The first-order chi connectivity index (χ1) is 7.76. The fraction of sp³-hybridized carbons (Fsp3) is 0.571. The minimum absolute atomic E-state index is 0. The molecule has 4 heteroatoms. The summed E-state index contributed by atoms with van der Waals surface area (Å²) in [6.07, 6.45) is 0. The van der Waals surface area contributed by atoms with E-state index in [2.05, 4.69) is 58.1 Å². The van der Waals surface area contributed by atoms with Gasteiger partial charge in [0.15, 0.2) is 0 Å². The molecule has 0 atom stereocenters. The third kappa shape index (κ3) is 5.24. The van der Waals surface area contributed by atoms with Gasteiger partial charge in [-0.05, 0) is 0 Å². The zero-order valence-corrected chi connectivity index (χ0v) is 17.9. The van der Waals surface area contributed by atoms with E-state index >= 15 is 0 Å². The first-order valence-corrected chi connectivity index (χ1v) is 11.3. The fourth-order valence-electron chi connectivity index (χ4n) is 1.36. The van der Waals surface area contributed by atoms with Crippen molar-refractivity contribution in [3.8, 4) is 0 Å². The van der Waals surface area contributed by atoms with Crippen LogP contribution in [0.1, 0.15) is 31.9 Å². The van der Waals surface area contributed by atoms with Crippen LogP contribution >= 0.6 is 17.0 Å². The van der Waals surface area contributed by atoms with Crippen molar-refractivity contribution in [2.24, 2.45) is 0 Å². The van der Waals surface area contributed by atoms with Crippen LogP contribution in [-0.2, 0) is 34.4 Å². The Bertz CT molecular complexity index is 374. The molecule has 18 heavy (non-hydrogen) atoms. The predicted octanol–water partition coefficient (Wildman–Crippen LogP) is 4.83. The molecule has 0 bridgehead atoms. The van der Waals surface area contributed by atoms with Crippen molar-refractivity contribution in [1.29, 1.82) is 0 Å². The number of hydrogen-bond acceptors (Lipinski definition) is 1. The van der Waals surface area contributed by atoms with Crippen molar-refractivity contribution in [3.63, 3.8) is 0 Å². The van der Waals surface area contributed by atoms with Crippen molar-refractivity contribution in [3.05, 3.63) is 35.4 Å². The van der Waals surface area contributed by atoms with E-state index in [-0.39, 0.29) is 17.0 Å². The van der Waals surface area contributed by atoms with Gasteiger partial charge in [-0.2, -0.15) is 0 Å². The molecule has 0 aliphatic rings. The molecule has 0 N–H and O–H groups in total. The van der Waals surface area contributed by atoms with Gasteiger partial charge < -0.3 is 0 Å². The first-order valence-electron chi connectivity index (χ1n) is 6.27. The quantitative estimate of drug-likeness (QED) is 0.679. The van der Waals surface area contributed by atoms with Crippen LogP contribution in [-0.4, -0.2) is 8.32 Å². The van der Waals surface area contributed by atoms with E-state index in [4.69, 9.17) is 4.43 Å². The van der Waals surface area contributed by atoms with Crippen molar-refractivity contribution in [1.82, 2.24) is 0 Å². The summed E-state index contributed by atoms with van der Waals surface area (Å²) in [5, 5.41) is 1.51. The van der Waals surface area contributed by atoms with E-state index in [1.807, 2.05) is 0 Å². The Kier molecular flexibility index (Phi) is 7.53. The Morgan fingerprint density at radius 2 is 1.72 bits per heavy atom. The molecular weight excluding hydrogens is 358 g/mol. The molecule has 0 fully saturated rings. The second kappa shape index (κ2) is 7.33. The molecule has 0 aromatic heterocycles. The van der Waals surface area contributed by atoms with Crippen LogP contribution in [0.5, 0.6) is 0 Å². The van der Waals surface area contributed by atoms with Crippen LogP contribution < -0.4 is 0 Å². The van der Waals surface area contributed by atoms with Crippen LogP contribution in [0.3, 0.4) is 0 Å². The van der Waals surface area contributed by atoms with Gasteiger partial charge in [0.25, 0.3) is 0 Å². The van der Waals surface area contributed by atoms with Crippen LogP contribution in [0.15, 0.2) is 24.3 Å². The molecule has 0 unspecified atom stereocenters. The van der Waals surface area contributed by atoms with Gasteiger partial charge in [0.2, 0.25) is 0 Å². The summed E-state index contributed by atoms with van der Waals surface area (Å²) in [7, 11) is -1.61. The van der Waals surface area contributed by atoms with Gasteiger partial charge in [-0.25, -0.2) is 0 Å². The van der Waals surface area contributed by atoms with E-state index in [9.17, 15) is 0 Å². The molecule has 0 amide bonds. The number of benzene rings is 1. The molecule has 1 aromatic carbocycles. The molecular formula is C14H24BrOSiZn. The third-order valence-corrected chi connectivity index (χ3v) is 9.38. The molecule has 0 aliphatic heterocycles. The molecule has 1 rings (SSSR count). The summed E-state index contributed by atoms with van der Waals surface area (Å²) in [4.78, 5) is 0. The monoisotopic (exact) mass is 379 g/mol. The summed E-state index contributed by atoms with van der Waals surface area (Å²) >= 11 is 1.33. The van der Waals surface area contributed by atoms with Crippen molar-refractivity contribution >= 4 is 25.3 Å². The predicted molar refractivity (Wildman–Crippen MR) is 82.5 cm³/mol. The van der Waals surface area contributed by atoms with Crippen molar-refractivity contribution in [2.75, 3.05) is 0 Å². The van der Waals surface area contributed by atoms with E-state index in [0.29, 0.717) is 5.04 Å². The maximum absolute atomic E-state index is 6.23. The SMILES string of the molecule is Br.CC(C)(C)[Si](C)(C)OCc1cccc([CH2][Zn])c1. The molecule has 0 radical (unpaired) electrons. The van der Waals surface area contributed by atoms with Crippen molar-refractivity contribution < 1.29 is 22.7 Å². The molecule has 1 aromatic rings. The number of rotatable bonds is 4. The second-order valence-electron chi connectivity index (χ2n) is 6.12. The van der Waals surface area contributed by atoms with Crippen LogP contribution in [0.25, 0.3) is 0 Å². The van der Waals surface area contributed by atoms with Gasteiger partial charge in [0, 0.05) is 0 Å². The average Bonchev–Trinajstić information content (AvgIpc) is 2.25. The second-order valence-corrected chi connectivity index (χ2v) is 12.0. The summed E-state index contributed by atoms with van der Waals surface area (Å²) < 4.78 is 6.23. The Morgan fingerprint density at radius 3 is 2.22 bits per heavy atom. The molecule has 0 aliphatic carbocycles. The summed E-state index contributed by atoms with van der Waals surface area (Å²) in [5.41, 5.74) is 2.77. The standard InChI is InChI=1S/C14H23OSi.BrH.Zn/c1-12-8-7-9-13(10-12)11-15-16(5,6)14(2,3)4;;/h7-10H,1,11H2,2-6H3;1H;. The zero-order valence-electron chi connectivity index (χ0n) is 12.2. The van der Waals surface area contributed by atoms with Crippen molar-refractivity contribution in [2.45, 2.75) is 50.5 Å². The van der Waals surface area contributed by atoms with Gasteiger partial charge in [-0.15, -0.1) is 17.0 Å². The van der Waals surface area contributed by atoms with Crippen LogP contribution in [0.4, 0.5) is 0 Å². The molecule has 0 saturated carbocycles. The molecule has 0 spiro atoms. The average molecular weight is 382 g/mol. The summed E-state index contributed by atoms with van der Waals surface area (Å²) in [6, 6.07) is 8.82. The first kappa shape index (κ1) is 18.5. The van der Waals surface area contributed by atoms with E-state index in [1.54, 1.807) is 0 Å². The Labute approximate surface area is 133 Å². The Balaban J connectivity index is 0.00000289. The summed E-state index contributed by atoms with van der Waals surface area (Å²) in [6.45, 7) is 12.2. The minimum atomic E-state index is -1.61. The molecule has 1 nitrogen and oxygen atoms in total. The molecule has 0 saturated heterocycles. The van der Waals surface area contributed by atoms with Gasteiger partial charge in [0.05, 0.1) is 0 Å². The van der Waals surface area contributed by atoms with E-state index < -0.39 is 8.32 Å². The van der Waals surface area contributed by atoms with Gasteiger partial charge >= 0.3 is 117 Å². The Morgan fingerprint density at radius 1 is 1.17 bits per heavy atom. The van der Waals surface area contributed by atoms with Crippen LogP contribution in [0, 0.1) is 0 Å². The Hall–Kier alpha value is 0.500. The fourth-order valence-corrected chi connectivity index (χ4v) is 2.97. The third-order valence-electron chi connectivity index (χ3n) is 3.69. The van der Waals surface area contributed by atoms with E-state index in [0.717, 1.165) is 6.61 Å². The van der Waals surface area contributed by atoms with Gasteiger partial charge in [0.1, 0.15) is 0 Å². The summed E-state index contributed by atoms with van der Waals surface area (Å²) in [5.74, 6) is 0. The van der Waals surface area contributed by atoms with Gasteiger partial charge in [-0.3, -0.25) is 0 Å². The molecule has 0 heterocycles. The van der Waals surface area contributed by atoms with Crippen LogP contribution in [0.2, 0.25) is 18.1 Å². The molecule has 99 valence electrons. The normalized spacial score (nSPS) is 12.2. The number of hydrogen-bond donors (Lipinski definition) is 0. The maximum atomic E-state index is 6.23. The topological polar surface area (TPSA) is 9.23 Å². The van der Waals surface area contributed by atoms with E-state index in [1.165, 1.54) is 34.4 Å². The number of halogens is 1. The zero-order chi connectivity index (χ0) is 13.1.